The Hall–Kier alpha value is -0.760. The van der Waals surface area contributed by atoms with E-state index < -0.39 is 10.0 Å². The molecule has 0 fully saturated rings. The molecule has 0 spiro atoms. The van der Waals surface area contributed by atoms with Crippen LogP contribution in [-0.2, 0) is 14.8 Å². The number of nitrogens with two attached hydrogens (primary N) is 1. The van der Waals surface area contributed by atoms with Crippen molar-refractivity contribution in [3.8, 4) is 0 Å². The third kappa shape index (κ3) is 8.31. The van der Waals surface area contributed by atoms with Crippen LogP contribution in [0.4, 0.5) is 5.69 Å². The molecule has 1 rings (SSSR count). The van der Waals surface area contributed by atoms with E-state index in [2.05, 4.69) is 4.72 Å². The highest BCUT2D eigenvalue weighted by Gasteiger charge is 2.10. The second kappa shape index (κ2) is 10.0. The van der Waals surface area contributed by atoms with Crippen LogP contribution in [0.1, 0.15) is 19.8 Å². The number of hydrogen-bond donors (Lipinski definition) is 2. The number of para-hydroxylation sites is 1. The van der Waals surface area contributed by atoms with Crippen molar-refractivity contribution in [1.29, 1.82) is 0 Å². The number of sulfonamides is 1. The molecule has 0 unspecified atom stereocenters. The van der Waals surface area contributed by atoms with Crippen LogP contribution in [-0.4, -0.2) is 39.7 Å². The smallest absolute Gasteiger partial charge is 0.212 e. The Balaban J connectivity index is 2.19. The molecule has 0 saturated carbocycles. The number of ether oxygens (including phenoxy) is 1. The maximum Gasteiger partial charge on any atom is 0.212 e. The molecule has 1 aromatic carbocycles. The van der Waals surface area contributed by atoms with Gasteiger partial charge in [0.25, 0.3) is 0 Å². The minimum atomic E-state index is -3.22. The third-order valence-corrected chi connectivity index (χ3v) is 5.40. The molecule has 5 nitrogen and oxygen atoms in total. The quantitative estimate of drug-likeness (QED) is 0.368. The van der Waals surface area contributed by atoms with Crippen molar-refractivity contribution >= 4 is 27.5 Å². The molecule has 0 amide bonds. The Morgan fingerprint density at radius 3 is 2.76 bits per heavy atom. The molecule has 0 radical (unpaired) electrons. The average molecular weight is 332 g/mol. The zero-order chi connectivity index (χ0) is 15.6. The third-order valence-electron chi connectivity index (χ3n) is 2.66. The summed E-state index contributed by atoms with van der Waals surface area (Å²) < 4.78 is 31.5. The minimum Gasteiger partial charge on any atom is -0.398 e. The molecule has 0 bridgehead atoms. The average Bonchev–Trinajstić information content (AvgIpc) is 2.45. The Bertz CT molecular complexity index is 507. The molecular weight excluding hydrogens is 308 g/mol. The van der Waals surface area contributed by atoms with E-state index in [-0.39, 0.29) is 5.75 Å². The highest BCUT2D eigenvalue weighted by atomic mass is 32.2. The van der Waals surface area contributed by atoms with E-state index in [0.29, 0.717) is 31.0 Å². The van der Waals surface area contributed by atoms with Crippen molar-refractivity contribution in [3.05, 3.63) is 24.3 Å². The molecule has 0 saturated heterocycles. The van der Waals surface area contributed by atoms with Crippen molar-refractivity contribution in [2.75, 3.05) is 37.0 Å². The van der Waals surface area contributed by atoms with Crippen LogP contribution in [0.3, 0.4) is 0 Å². The molecule has 21 heavy (non-hydrogen) atoms. The van der Waals surface area contributed by atoms with Crippen LogP contribution in [0.15, 0.2) is 29.2 Å². The molecule has 0 atom stereocenters. The van der Waals surface area contributed by atoms with Gasteiger partial charge in [0.2, 0.25) is 10.0 Å². The first-order valence-corrected chi connectivity index (χ1v) is 9.71. The topological polar surface area (TPSA) is 81.4 Å². The highest BCUT2D eigenvalue weighted by molar-refractivity contribution is 8.00. The summed E-state index contributed by atoms with van der Waals surface area (Å²) >= 11 is 1.46. The Kier molecular flexibility index (Phi) is 8.75. The first-order chi connectivity index (χ1) is 10.0. The molecule has 0 aliphatic carbocycles. The van der Waals surface area contributed by atoms with Gasteiger partial charge in [-0.25, -0.2) is 13.1 Å². The fourth-order valence-electron chi connectivity index (χ4n) is 1.59. The summed E-state index contributed by atoms with van der Waals surface area (Å²) in [4.78, 5) is 0.917. The lowest BCUT2D eigenvalue weighted by Gasteiger charge is -2.08. The largest absolute Gasteiger partial charge is 0.398 e. The molecule has 7 heteroatoms. The highest BCUT2D eigenvalue weighted by Crippen LogP contribution is 2.24. The number of hydrogen-bond acceptors (Lipinski definition) is 5. The first-order valence-electron chi connectivity index (χ1n) is 7.07. The predicted octanol–water partition coefficient (Wildman–Crippen LogP) is 2.10. The molecule has 0 aliphatic heterocycles. The van der Waals surface area contributed by atoms with Gasteiger partial charge in [-0.1, -0.05) is 19.1 Å². The number of nitrogens with one attached hydrogen (secondary N) is 1. The van der Waals surface area contributed by atoms with Gasteiger partial charge in [-0.15, -0.1) is 11.8 Å². The normalized spacial score (nSPS) is 11.7. The van der Waals surface area contributed by atoms with Crippen molar-refractivity contribution in [2.24, 2.45) is 0 Å². The summed E-state index contributed by atoms with van der Waals surface area (Å²) in [6.45, 7) is 3.78. The number of rotatable bonds is 11. The summed E-state index contributed by atoms with van der Waals surface area (Å²) in [6.07, 6.45) is 1.67. The van der Waals surface area contributed by atoms with E-state index in [1.165, 1.54) is 11.8 Å². The Morgan fingerprint density at radius 1 is 1.29 bits per heavy atom. The van der Waals surface area contributed by atoms with E-state index in [1.807, 2.05) is 31.2 Å². The van der Waals surface area contributed by atoms with Crippen molar-refractivity contribution in [3.63, 3.8) is 0 Å². The second-order valence-electron chi connectivity index (χ2n) is 4.57. The molecule has 120 valence electrons. The van der Waals surface area contributed by atoms with Crippen LogP contribution < -0.4 is 10.5 Å². The van der Waals surface area contributed by atoms with Crippen LogP contribution in [0, 0.1) is 0 Å². The summed E-state index contributed by atoms with van der Waals surface area (Å²) in [7, 11) is -3.22. The van der Waals surface area contributed by atoms with Gasteiger partial charge in [-0.2, -0.15) is 0 Å². The summed E-state index contributed by atoms with van der Waals surface area (Å²) in [6, 6.07) is 7.45. The summed E-state index contributed by atoms with van der Waals surface area (Å²) in [5.74, 6) is 0.567. The van der Waals surface area contributed by atoms with Crippen molar-refractivity contribution < 1.29 is 13.2 Å². The summed E-state index contributed by atoms with van der Waals surface area (Å²) in [5.41, 5.74) is 6.49. The van der Waals surface area contributed by atoms with Gasteiger partial charge in [0.1, 0.15) is 0 Å². The first kappa shape index (κ1) is 18.3. The van der Waals surface area contributed by atoms with Crippen LogP contribution in [0.2, 0.25) is 0 Å². The van der Waals surface area contributed by atoms with Gasteiger partial charge in [0.05, 0.1) is 5.75 Å². The predicted molar refractivity (Wildman–Crippen MR) is 89.1 cm³/mol. The maximum atomic E-state index is 11.8. The Morgan fingerprint density at radius 2 is 2.05 bits per heavy atom. The molecule has 0 aliphatic rings. The lowest BCUT2D eigenvalue weighted by molar-refractivity contribution is 0.133. The maximum absolute atomic E-state index is 11.8. The molecule has 0 aromatic heterocycles. The van der Waals surface area contributed by atoms with Gasteiger partial charge in [-0.3, -0.25) is 0 Å². The van der Waals surface area contributed by atoms with Crippen LogP contribution in [0.5, 0.6) is 0 Å². The van der Waals surface area contributed by atoms with Crippen molar-refractivity contribution in [2.45, 2.75) is 24.7 Å². The fourth-order valence-corrected chi connectivity index (χ4v) is 4.03. The number of benzene rings is 1. The molecule has 3 N–H and O–H groups in total. The lowest BCUT2D eigenvalue weighted by Crippen LogP contribution is -2.28. The van der Waals surface area contributed by atoms with Crippen molar-refractivity contribution in [1.82, 2.24) is 4.72 Å². The van der Waals surface area contributed by atoms with E-state index >= 15 is 0 Å². The fraction of sp³-hybridized carbons (Fsp3) is 0.571. The summed E-state index contributed by atoms with van der Waals surface area (Å²) in [5, 5.41) is 0. The zero-order valence-electron chi connectivity index (χ0n) is 12.4. The number of thioether (sulfide) groups is 1. The van der Waals surface area contributed by atoms with Gasteiger partial charge in [-0.05, 0) is 25.0 Å². The van der Waals surface area contributed by atoms with Crippen LogP contribution >= 0.6 is 11.8 Å². The van der Waals surface area contributed by atoms with E-state index in [0.717, 1.165) is 17.9 Å². The zero-order valence-corrected chi connectivity index (χ0v) is 14.0. The molecular formula is C14H24N2O3S2. The van der Waals surface area contributed by atoms with Gasteiger partial charge in [0, 0.05) is 36.1 Å². The van der Waals surface area contributed by atoms with E-state index in [9.17, 15) is 8.42 Å². The SMILES string of the molecule is CCCOCCCNS(=O)(=O)CCSc1ccccc1N. The second-order valence-corrected chi connectivity index (χ2v) is 7.63. The Labute approximate surface area is 131 Å². The number of nitrogen functional groups attached to an aromatic ring is 1. The van der Waals surface area contributed by atoms with E-state index in [4.69, 9.17) is 10.5 Å². The monoisotopic (exact) mass is 332 g/mol. The molecule has 1 aromatic rings. The van der Waals surface area contributed by atoms with Gasteiger partial charge < -0.3 is 10.5 Å². The lowest BCUT2D eigenvalue weighted by atomic mass is 10.3. The molecule has 0 heterocycles. The van der Waals surface area contributed by atoms with Gasteiger partial charge in [0.15, 0.2) is 0 Å². The van der Waals surface area contributed by atoms with Gasteiger partial charge >= 0.3 is 0 Å². The van der Waals surface area contributed by atoms with E-state index in [1.54, 1.807) is 0 Å². The minimum absolute atomic E-state index is 0.0851. The standard InChI is InChI=1S/C14H24N2O3S2/c1-2-9-19-10-5-8-16-21(17,18)12-11-20-14-7-4-3-6-13(14)15/h3-4,6-7,16H,2,5,8-12,15H2,1H3. The van der Waals surface area contributed by atoms with Crippen LogP contribution in [0.25, 0.3) is 0 Å². The number of anilines is 1.